The van der Waals surface area contributed by atoms with Crippen molar-refractivity contribution in [1.29, 1.82) is 0 Å². The monoisotopic (exact) mass is 223 g/mol. The van der Waals surface area contributed by atoms with Gasteiger partial charge in [-0.15, -0.1) is 0 Å². The van der Waals surface area contributed by atoms with Gasteiger partial charge in [0.15, 0.2) is 0 Å². The number of ether oxygens (including phenoxy) is 1. The predicted molar refractivity (Wildman–Crippen MR) is 64.5 cm³/mol. The Labute approximate surface area is 97.5 Å². The van der Waals surface area contributed by atoms with Crippen molar-refractivity contribution < 1.29 is 9.84 Å². The van der Waals surface area contributed by atoms with Gasteiger partial charge < -0.3 is 9.84 Å². The van der Waals surface area contributed by atoms with Crippen LogP contribution in [0.3, 0.4) is 0 Å². The molecule has 0 aliphatic carbocycles. The molecule has 3 nitrogen and oxygen atoms in total. The van der Waals surface area contributed by atoms with E-state index in [4.69, 9.17) is 9.84 Å². The lowest BCUT2D eigenvalue weighted by molar-refractivity contribution is 0.241. The molecule has 0 saturated carbocycles. The van der Waals surface area contributed by atoms with E-state index in [9.17, 15) is 0 Å². The summed E-state index contributed by atoms with van der Waals surface area (Å²) in [5.41, 5.74) is 1.69. The van der Waals surface area contributed by atoms with Crippen LogP contribution in [-0.4, -0.2) is 16.7 Å². The highest BCUT2D eigenvalue weighted by Crippen LogP contribution is 2.14. The van der Waals surface area contributed by atoms with Crippen LogP contribution in [-0.2, 0) is 6.61 Å². The zero-order valence-electron chi connectivity index (χ0n) is 10.4. The van der Waals surface area contributed by atoms with Crippen molar-refractivity contribution in [2.45, 2.75) is 40.2 Å². The van der Waals surface area contributed by atoms with Gasteiger partial charge in [0.25, 0.3) is 0 Å². The lowest BCUT2D eigenvalue weighted by Gasteiger charge is -2.12. The number of pyridine rings is 1. The fourth-order valence-corrected chi connectivity index (χ4v) is 1.62. The maximum atomic E-state index is 9.02. The van der Waals surface area contributed by atoms with Crippen LogP contribution in [0, 0.1) is 12.8 Å². The number of hydrogen-bond acceptors (Lipinski definition) is 3. The van der Waals surface area contributed by atoms with E-state index in [1.54, 1.807) is 0 Å². The molecule has 0 aliphatic heterocycles. The smallest absolute Gasteiger partial charge is 0.213 e. The van der Waals surface area contributed by atoms with Crippen molar-refractivity contribution in [3.05, 3.63) is 23.4 Å². The molecule has 0 radical (unpaired) electrons. The van der Waals surface area contributed by atoms with Crippen molar-refractivity contribution >= 4 is 0 Å². The van der Waals surface area contributed by atoms with E-state index in [2.05, 4.69) is 18.8 Å². The summed E-state index contributed by atoms with van der Waals surface area (Å²) in [6, 6.07) is 3.68. The summed E-state index contributed by atoms with van der Waals surface area (Å²) in [6.07, 6.45) is 2.36. The number of aryl methyl sites for hydroxylation is 1. The molecule has 1 aromatic rings. The van der Waals surface area contributed by atoms with Gasteiger partial charge in [-0.3, -0.25) is 0 Å². The Balaban J connectivity index is 2.51. The van der Waals surface area contributed by atoms with Crippen LogP contribution in [0.25, 0.3) is 0 Å². The second-order valence-electron chi connectivity index (χ2n) is 4.26. The zero-order valence-corrected chi connectivity index (χ0v) is 10.4. The highest BCUT2D eigenvalue weighted by Gasteiger charge is 2.04. The van der Waals surface area contributed by atoms with Crippen molar-refractivity contribution in [3.8, 4) is 5.88 Å². The summed E-state index contributed by atoms with van der Waals surface area (Å²) in [5.74, 6) is 1.21. The minimum atomic E-state index is 0.0331. The average Bonchev–Trinajstić information content (AvgIpc) is 2.27. The molecule has 1 aromatic heterocycles. The van der Waals surface area contributed by atoms with Crippen LogP contribution in [0.4, 0.5) is 0 Å². The standard InChI is InChI=1S/C13H21NO2/c1-4-5-10(2)9-16-13-7-6-12(8-15)11(3)14-13/h6-7,10,15H,4-5,8-9H2,1-3H3. The number of aliphatic hydroxyl groups excluding tert-OH is 1. The third-order valence-electron chi connectivity index (χ3n) is 2.64. The Bertz CT molecular complexity index is 326. The van der Waals surface area contributed by atoms with E-state index in [1.807, 2.05) is 19.1 Å². The van der Waals surface area contributed by atoms with Crippen LogP contribution in [0.2, 0.25) is 0 Å². The van der Waals surface area contributed by atoms with Gasteiger partial charge in [0.1, 0.15) is 0 Å². The fraction of sp³-hybridized carbons (Fsp3) is 0.615. The Kier molecular flexibility index (Phi) is 5.26. The minimum absolute atomic E-state index is 0.0331. The summed E-state index contributed by atoms with van der Waals surface area (Å²) in [5, 5.41) is 9.02. The second-order valence-corrected chi connectivity index (χ2v) is 4.26. The van der Waals surface area contributed by atoms with Gasteiger partial charge in [-0.1, -0.05) is 20.3 Å². The molecule has 0 amide bonds. The molecular formula is C13H21NO2. The molecule has 0 bridgehead atoms. The molecule has 0 saturated heterocycles. The first-order valence-corrected chi connectivity index (χ1v) is 5.87. The van der Waals surface area contributed by atoms with Crippen molar-refractivity contribution in [1.82, 2.24) is 4.98 Å². The first-order valence-electron chi connectivity index (χ1n) is 5.87. The molecule has 1 atom stereocenters. The van der Waals surface area contributed by atoms with Crippen LogP contribution in [0.5, 0.6) is 5.88 Å². The molecule has 90 valence electrons. The maximum absolute atomic E-state index is 9.02. The molecule has 3 heteroatoms. The summed E-state index contributed by atoms with van der Waals surface area (Å²) >= 11 is 0. The topological polar surface area (TPSA) is 42.4 Å². The number of nitrogens with zero attached hydrogens (tertiary/aromatic N) is 1. The van der Waals surface area contributed by atoms with E-state index in [-0.39, 0.29) is 6.61 Å². The molecule has 1 rings (SSSR count). The number of rotatable bonds is 6. The molecule has 1 unspecified atom stereocenters. The van der Waals surface area contributed by atoms with Crippen molar-refractivity contribution in [3.63, 3.8) is 0 Å². The number of aromatic nitrogens is 1. The van der Waals surface area contributed by atoms with Gasteiger partial charge in [0.05, 0.1) is 13.2 Å². The molecule has 0 aliphatic rings. The van der Waals surface area contributed by atoms with Gasteiger partial charge >= 0.3 is 0 Å². The fourth-order valence-electron chi connectivity index (χ4n) is 1.62. The van der Waals surface area contributed by atoms with Gasteiger partial charge in [0.2, 0.25) is 5.88 Å². The van der Waals surface area contributed by atoms with Crippen molar-refractivity contribution in [2.75, 3.05) is 6.61 Å². The van der Waals surface area contributed by atoms with Gasteiger partial charge in [-0.25, -0.2) is 4.98 Å². The lowest BCUT2D eigenvalue weighted by atomic mass is 10.1. The second kappa shape index (κ2) is 6.48. The van der Waals surface area contributed by atoms with Crippen LogP contribution in [0.15, 0.2) is 12.1 Å². The quantitative estimate of drug-likeness (QED) is 0.806. The Morgan fingerprint density at radius 2 is 2.19 bits per heavy atom. The van der Waals surface area contributed by atoms with Crippen LogP contribution >= 0.6 is 0 Å². The van der Waals surface area contributed by atoms with E-state index < -0.39 is 0 Å². The van der Waals surface area contributed by atoms with E-state index in [0.29, 0.717) is 18.4 Å². The Hall–Kier alpha value is -1.09. The van der Waals surface area contributed by atoms with Gasteiger partial charge in [0, 0.05) is 11.8 Å². The van der Waals surface area contributed by atoms with E-state index in [1.165, 1.54) is 12.8 Å². The molecule has 0 spiro atoms. The van der Waals surface area contributed by atoms with E-state index in [0.717, 1.165) is 11.3 Å². The summed E-state index contributed by atoms with van der Waals surface area (Å²) < 4.78 is 5.61. The van der Waals surface area contributed by atoms with Crippen LogP contribution in [0.1, 0.15) is 37.9 Å². The van der Waals surface area contributed by atoms with Gasteiger partial charge in [-0.05, 0) is 30.9 Å². The zero-order chi connectivity index (χ0) is 12.0. The molecule has 1 heterocycles. The summed E-state index contributed by atoms with van der Waals surface area (Å²) in [7, 11) is 0. The Morgan fingerprint density at radius 1 is 1.44 bits per heavy atom. The largest absolute Gasteiger partial charge is 0.477 e. The van der Waals surface area contributed by atoms with Crippen molar-refractivity contribution in [2.24, 2.45) is 5.92 Å². The van der Waals surface area contributed by atoms with Crippen LogP contribution < -0.4 is 4.74 Å². The Morgan fingerprint density at radius 3 is 2.75 bits per heavy atom. The normalized spacial score (nSPS) is 12.5. The molecule has 16 heavy (non-hydrogen) atoms. The summed E-state index contributed by atoms with van der Waals surface area (Å²) in [4.78, 5) is 4.29. The molecular weight excluding hydrogens is 202 g/mol. The SMILES string of the molecule is CCCC(C)COc1ccc(CO)c(C)n1. The first kappa shape index (κ1) is 13.0. The third kappa shape index (κ3) is 3.81. The van der Waals surface area contributed by atoms with E-state index >= 15 is 0 Å². The highest BCUT2D eigenvalue weighted by molar-refractivity contribution is 5.24. The number of aliphatic hydroxyl groups is 1. The van der Waals surface area contributed by atoms with Gasteiger partial charge in [-0.2, -0.15) is 0 Å². The predicted octanol–water partition coefficient (Wildman–Crippen LogP) is 2.70. The molecule has 0 fully saturated rings. The minimum Gasteiger partial charge on any atom is -0.477 e. The molecule has 0 aromatic carbocycles. The third-order valence-corrected chi connectivity index (χ3v) is 2.64. The molecule has 1 N–H and O–H groups in total. The first-order chi connectivity index (χ1) is 7.67. The summed E-state index contributed by atoms with van der Waals surface area (Å²) in [6.45, 7) is 6.98. The lowest BCUT2D eigenvalue weighted by Crippen LogP contribution is -2.09. The highest BCUT2D eigenvalue weighted by atomic mass is 16.5. The number of hydrogen-bond donors (Lipinski definition) is 1. The maximum Gasteiger partial charge on any atom is 0.213 e. The average molecular weight is 223 g/mol.